The third-order valence-corrected chi connectivity index (χ3v) is 4.74. The molecular weight excluding hydrogens is 196 g/mol. The summed E-state index contributed by atoms with van der Waals surface area (Å²) in [5.74, 6) is -0.332. The van der Waals surface area contributed by atoms with Crippen LogP contribution in [0, 0.1) is 0 Å². The number of hydrogen-bond donors (Lipinski definition) is 0. The van der Waals surface area contributed by atoms with E-state index >= 15 is 0 Å². The van der Waals surface area contributed by atoms with E-state index in [0.717, 1.165) is 12.5 Å². The van der Waals surface area contributed by atoms with Crippen molar-refractivity contribution in [1.82, 2.24) is 0 Å². The first-order chi connectivity index (χ1) is 6.45. The van der Waals surface area contributed by atoms with Crippen LogP contribution in [0.15, 0.2) is 12.2 Å². The van der Waals surface area contributed by atoms with Crippen LogP contribution in [0.4, 0.5) is 0 Å². The Hall–Kier alpha value is -0.613. The summed E-state index contributed by atoms with van der Waals surface area (Å²) in [5, 5.41) is 0. The van der Waals surface area contributed by atoms with Gasteiger partial charge >= 0.3 is 14.5 Å². The molecule has 0 aromatic heterocycles. The zero-order chi connectivity index (χ0) is 11.2. The van der Waals surface area contributed by atoms with Crippen molar-refractivity contribution in [1.29, 1.82) is 0 Å². The van der Waals surface area contributed by atoms with Gasteiger partial charge in [-0.25, -0.2) is 4.79 Å². The molecule has 0 heterocycles. The molecule has 0 saturated carbocycles. The Morgan fingerprint density at radius 3 is 2.36 bits per heavy atom. The van der Waals surface area contributed by atoms with Gasteiger partial charge in [-0.05, 0) is 20.4 Å². The molecule has 0 aliphatic rings. The second kappa shape index (κ2) is 5.98. The molecular formula is C10H20O3Si. The van der Waals surface area contributed by atoms with Crippen LogP contribution < -0.4 is 0 Å². The van der Waals surface area contributed by atoms with Crippen LogP contribution in [0.1, 0.15) is 27.2 Å². The molecule has 0 bridgehead atoms. The lowest BCUT2D eigenvalue weighted by Gasteiger charge is -2.25. The Labute approximate surface area is 87.4 Å². The van der Waals surface area contributed by atoms with E-state index in [0.29, 0.717) is 12.2 Å². The highest BCUT2D eigenvalue weighted by Crippen LogP contribution is 2.17. The molecule has 0 fully saturated rings. The predicted molar refractivity (Wildman–Crippen MR) is 59.2 cm³/mol. The number of rotatable bonds is 6. The maximum Gasteiger partial charge on any atom is 0.398 e. The highest BCUT2D eigenvalue weighted by atomic mass is 28.4. The highest BCUT2D eigenvalue weighted by Gasteiger charge is 2.34. The SMILES string of the molecule is C=C(C)C(=O)O[Si](C)(CCC)OCC. The van der Waals surface area contributed by atoms with E-state index in [4.69, 9.17) is 8.85 Å². The average molecular weight is 216 g/mol. The number of carbonyl (C=O) groups is 1. The van der Waals surface area contributed by atoms with Crippen LogP contribution in [0.5, 0.6) is 0 Å². The Morgan fingerprint density at radius 1 is 1.43 bits per heavy atom. The molecule has 0 aromatic carbocycles. The van der Waals surface area contributed by atoms with Crippen LogP contribution in [0.25, 0.3) is 0 Å². The maximum atomic E-state index is 11.3. The van der Waals surface area contributed by atoms with Crippen LogP contribution in [-0.4, -0.2) is 21.1 Å². The first-order valence-electron chi connectivity index (χ1n) is 4.98. The molecule has 0 aromatic rings. The van der Waals surface area contributed by atoms with Gasteiger partial charge in [-0.15, -0.1) is 0 Å². The summed E-state index contributed by atoms with van der Waals surface area (Å²) in [5.41, 5.74) is 0.430. The molecule has 14 heavy (non-hydrogen) atoms. The van der Waals surface area contributed by atoms with Gasteiger partial charge < -0.3 is 8.85 Å². The molecule has 0 saturated heterocycles. The molecule has 0 amide bonds. The lowest BCUT2D eigenvalue weighted by molar-refractivity contribution is -0.132. The van der Waals surface area contributed by atoms with Crippen LogP contribution in [-0.2, 0) is 13.6 Å². The van der Waals surface area contributed by atoms with Crippen molar-refractivity contribution in [2.24, 2.45) is 0 Å². The normalized spacial score (nSPS) is 14.6. The Kier molecular flexibility index (Phi) is 5.72. The molecule has 4 heteroatoms. The van der Waals surface area contributed by atoms with Gasteiger partial charge in [-0.2, -0.15) is 0 Å². The quantitative estimate of drug-likeness (QED) is 0.506. The van der Waals surface area contributed by atoms with Crippen molar-refractivity contribution in [3.63, 3.8) is 0 Å². The Morgan fingerprint density at radius 2 is 2.00 bits per heavy atom. The molecule has 0 aliphatic heterocycles. The summed E-state index contributed by atoms with van der Waals surface area (Å²) in [6.07, 6.45) is 0.964. The lowest BCUT2D eigenvalue weighted by atomic mass is 10.4. The second-order valence-corrected chi connectivity index (χ2v) is 6.75. The first kappa shape index (κ1) is 13.4. The van der Waals surface area contributed by atoms with Gasteiger partial charge in [0.15, 0.2) is 0 Å². The molecule has 0 radical (unpaired) electrons. The highest BCUT2D eigenvalue weighted by molar-refractivity contribution is 6.67. The molecule has 3 nitrogen and oxygen atoms in total. The first-order valence-corrected chi connectivity index (χ1v) is 7.50. The van der Waals surface area contributed by atoms with Crippen LogP contribution in [0.2, 0.25) is 12.6 Å². The van der Waals surface area contributed by atoms with E-state index in [1.54, 1.807) is 6.92 Å². The Bertz CT molecular complexity index is 207. The van der Waals surface area contributed by atoms with Crippen molar-refractivity contribution < 1.29 is 13.6 Å². The van der Waals surface area contributed by atoms with Gasteiger partial charge in [0.1, 0.15) is 0 Å². The molecule has 1 atom stereocenters. The zero-order valence-corrected chi connectivity index (χ0v) is 10.6. The molecule has 0 N–H and O–H groups in total. The van der Waals surface area contributed by atoms with E-state index in [2.05, 4.69) is 13.5 Å². The minimum Gasteiger partial charge on any atom is -0.491 e. The van der Waals surface area contributed by atoms with Gasteiger partial charge in [0.05, 0.1) is 0 Å². The summed E-state index contributed by atoms with van der Waals surface area (Å²) in [6.45, 7) is 11.7. The summed E-state index contributed by atoms with van der Waals surface area (Å²) in [4.78, 5) is 11.3. The van der Waals surface area contributed by atoms with Gasteiger partial charge in [0.25, 0.3) is 0 Å². The minimum atomic E-state index is -2.29. The van der Waals surface area contributed by atoms with Crippen molar-refractivity contribution in [2.75, 3.05) is 6.61 Å². The van der Waals surface area contributed by atoms with Gasteiger partial charge in [-0.3, -0.25) is 0 Å². The number of carbonyl (C=O) groups excluding carboxylic acids is 1. The Balaban J connectivity index is 4.35. The summed E-state index contributed by atoms with van der Waals surface area (Å²) in [7, 11) is -2.29. The lowest BCUT2D eigenvalue weighted by Crippen LogP contribution is -2.40. The molecule has 0 rings (SSSR count). The number of hydrogen-bond acceptors (Lipinski definition) is 3. The van der Waals surface area contributed by atoms with Crippen molar-refractivity contribution >= 4 is 14.5 Å². The van der Waals surface area contributed by atoms with Crippen molar-refractivity contribution in [3.05, 3.63) is 12.2 Å². The zero-order valence-electron chi connectivity index (χ0n) is 9.55. The largest absolute Gasteiger partial charge is 0.491 e. The molecule has 0 spiro atoms. The second-order valence-electron chi connectivity index (χ2n) is 3.49. The van der Waals surface area contributed by atoms with Gasteiger partial charge in [0.2, 0.25) is 0 Å². The monoisotopic (exact) mass is 216 g/mol. The standard InChI is InChI=1S/C10H20O3Si/c1-6-8-14(5,12-7-2)13-10(11)9(3)4/h3,6-8H2,1-2,4-5H3. The predicted octanol–water partition coefficient (Wildman–Crippen LogP) is 2.62. The summed E-state index contributed by atoms with van der Waals surface area (Å²) < 4.78 is 10.9. The van der Waals surface area contributed by atoms with E-state index < -0.39 is 8.56 Å². The van der Waals surface area contributed by atoms with E-state index in [-0.39, 0.29) is 5.97 Å². The van der Waals surface area contributed by atoms with E-state index in [1.807, 2.05) is 13.5 Å². The molecule has 82 valence electrons. The summed E-state index contributed by atoms with van der Waals surface area (Å²) in [6, 6.07) is 0.833. The maximum absolute atomic E-state index is 11.3. The topological polar surface area (TPSA) is 35.5 Å². The fourth-order valence-electron chi connectivity index (χ4n) is 1.20. The average Bonchev–Trinajstić information content (AvgIpc) is 2.04. The third-order valence-electron chi connectivity index (χ3n) is 1.81. The van der Waals surface area contributed by atoms with Crippen molar-refractivity contribution in [3.8, 4) is 0 Å². The fourth-order valence-corrected chi connectivity index (χ4v) is 3.59. The summed E-state index contributed by atoms with van der Waals surface area (Å²) >= 11 is 0. The fraction of sp³-hybridized carbons (Fsp3) is 0.700. The smallest absolute Gasteiger partial charge is 0.398 e. The van der Waals surface area contributed by atoms with E-state index in [1.165, 1.54) is 0 Å². The van der Waals surface area contributed by atoms with E-state index in [9.17, 15) is 4.79 Å². The minimum absolute atomic E-state index is 0.332. The molecule has 1 unspecified atom stereocenters. The van der Waals surface area contributed by atoms with Crippen molar-refractivity contribution in [2.45, 2.75) is 39.8 Å². The van der Waals surface area contributed by atoms with Crippen LogP contribution >= 0.6 is 0 Å². The van der Waals surface area contributed by atoms with Gasteiger partial charge in [-0.1, -0.05) is 19.9 Å². The third kappa shape index (κ3) is 4.57. The van der Waals surface area contributed by atoms with Gasteiger partial charge in [0, 0.05) is 18.2 Å². The van der Waals surface area contributed by atoms with Crippen LogP contribution in [0.3, 0.4) is 0 Å². The molecule has 0 aliphatic carbocycles.